The SMILES string of the molecule is C#C[C@]1(CO)O[C@@H](n2cnc3nc(F)nc(NC(=O)CCC)c32)C[C@@H]1O. The van der Waals surface area contributed by atoms with Crippen LogP contribution in [0.25, 0.3) is 11.2 Å². The molecule has 10 heteroatoms. The lowest BCUT2D eigenvalue weighted by atomic mass is 9.99. The number of carbonyl (C=O) groups excluding carboxylic acids is 1. The lowest BCUT2D eigenvalue weighted by Gasteiger charge is -2.24. The molecule has 0 aromatic carbocycles. The van der Waals surface area contributed by atoms with E-state index >= 15 is 0 Å². The topological polar surface area (TPSA) is 122 Å². The van der Waals surface area contributed by atoms with Gasteiger partial charge in [-0.15, -0.1) is 6.42 Å². The van der Waals surface area contributed by atoms with Gasteiger partial charge >= 0.3 is 6.08 Å². The van der Waals surface area contributed by atoms with Crippen LogP contribution in [0.2, 0.25) is 0 Å². The molecule has 138 valence electrons. The highest BCUT2D eigenvalue weighted by molar-refractivity contribution is 5.96. The number of aliphatic hydroxyl groups excluding tert-OH is 2. The van der Waals surface area contributed by atoms with E-state index in [-0.39, 0.29) is 35.7 Å². The Morgan fingerprint density at radius 1 is 1.62 bits per heavy atom. The van der Waals surface area contributed by atoms with Crippen LogP contribution in [0, 0.1) is 18.4 Å². The fourth-order valence-electron chi connectivity index (χ4n) is 2.89. The quantitative estimate of drug-likeness (QED) is 0.517. The second-order valence-corrected chi connectivity index (χ2v) is 5.98. The molecule has 2 aromatic rings. The Hall–Kier alpha value is -2.61. The number of amides is 1. The summed E-state index contributed by atoms with van der Waals surface area (Å²) in [5, 5.41) is 22.2. The zero-order valence-corrected chi connectivity index (χ0v) is 14.0. The van der Waals surface area contributed by atoms with Crippen molar-refractivity contribution in [2.24, 2.45) is 0 Å². The third-order valence-corrected chi connectivity index (χ3v) is 4.23. The summed E-state index contributed by atoms with van der Waals surface area (Å²) >= 11 is 0. The molecule has 3 heterocycles. The van der Waals surface area contributed by atoms with Crippen molar-refractivity contribution >= 4 is 22.9 Å². The van der Waals surface area contributed by atoms with E-state index in [4.69, 9.17) is 11.2 Å². The second-order valence-electron chi connectivity index (χ2n) is 5.98. The van der Waals surface area contributed by atoms with Gasteiger partial charge in [-0.2, -0.15) is 14.4 Å². The molecule has 0 radical (unpaired) electrons. The normalized spacial score (nSPS) is 25.3. The minimum absolute atomic E-state index is 0.0181. The summed E-state index contributed by atoms with van der Waals surface area (Å²) in [4.78, 5) is 23.2. The molecule has 1 saturated heterocycles. The number of aliphatic hydroxyl groups is 2. The molecule has 0 unspecified atom stereocenters. The van der Waals surface area contributed by atoms with Crippen LogP contribution >= 0.6 is 0 Å². The lowest BCUT2D eigenvalue weighted by Crippen LogP contribution is -2.41. The largest absolute Gasteiger partial charge is 0.392 e. The Kier molecular flexibility index (Phi) is 4.86. The van der Waals surface area contributed by atoms with Gasteiger partial charge in [-0.3, -0.25) is 9.36 Å². The summed E-state index contributed by atoms with van der Waals surface area (Å²) in [6, 6.07) is 0. The number of fused-ring (bicyclic) bond motifs is 1. The Morgan fingerprint density at radius 3 is 3.00 bits per heavy atom. The molecule has 1 aliphatic heterocycles. The molecular weight excluding hydrogens is 345 g/mol. The second kappa shape index (κ2) is 6.95. The first-order valence-electron chi connectivity index (χ1n) is 8.08. The maximum absolute atomic E-state index is 13.7. The van der Waals surface area contributed by atoms with E-state index in [1.54, 1.807) is 0 Å². The van der Waals surface area contributed by atoms with E-state index in [0.717, 1.165) is 0 Å². The lowest BCUT2D eigenvalue weighted by molar-refractivity contribution is -0.116. The predicted molar refractivity (Wildman–Crippen MR) is 88.2 cm³/mol. The van der Waals surface area contributed by atoms with E-state index in [2.05, 4.69) is 26.2 Å². The van der Waals surface area contributed by atoms with Crippen molar-refractivity contribution in [1.82, 2.24) is 19.5 Å². The van der Waals surface area contributed by atoms with Gasteiger partial charge < -0.3 is 20.3 Å². The number of nitrogens with one attached hydrogen (secondary N) is 1. The minimum atomic E-state index is -1.55. The van der Waals surface area contributed by atoms with Gasteiger partial charge in [-0.25, -0.2) is 4.98 Å². The number of halogens is 1. The molecule has 0 bridgehead atoms. The molecule has 1 fully saturated rings. The van der Waals surface area contributed by atoms with Crippen molar-refractivity contribution in [2.75, 3.05) is 11.9 Å². The first-order valence-corrected chi connectivity index (χ1v) is 8.08. The zero-order chi connectivity index (χ0) is 18.9. The minimum Gasteiger partial charge on any atom is -0.392 e. The molecule has 1 amide bonds. The Bertz CT molecular complexity index is 879. The third kappa shape index (κ3) is 3.01. The van der Waals surface area contributed by atoms with Gasteiger partial charge in [-0.05, 0) is 6.42 Å². The first-order chi connectivity index (χ1) is 12.4. The highest BCUT2D eigenvalue weighted by Gasteiger charge is 2.47. The fraction of sp³-hybridized carbons (Fsp3) is 0.500. The third-order valence-electron chi connectivity index (χ3n) is 4.23. The molecule has 0 spiro atoms. The molecule has 3 rings (SSSR count). The number of imidazole rings is 1. The van der Waals surface area contributed by atoms with Crippen LogP contribution in [0.15, 0.2) is 6.33 Å². The number of hydrogen-bond acceptors (Lipinski definition) is 7. The first kappa shape index (κ1) is 18.2. The van der Waals surface area contributed by atoms with Gasteiger partial charge in [0.1, 0.15) is 17.8 Å². The fourth-order valence-corrected chi connectivity index (χ4v) is 2.89. The van der Waals surface area contributed by atoms with Gasteiger partial charge in [-0.1, -0.05) is 12.8 Å². The average Bonchev–Trinajstić information content (AvgIpc) is 3.16. The number of rotatable bonds is 5. The van der Waals surface area contributed by atoms with Crippen molar-refractivity contribution in [2.45, 2.75) is 44.1 Å². The number of aromatic nitrogens is 4. The maximum Gasteiger partial charge on any atom is 0.312 e. The summed E-state index contributed by atoms with van der Waals surface area (Å²) in [6.07, 6.45) is 4.70. The van der Waals surface area contributed by atoms with E-state index < -0.39 is 30.6 Å². The van der Waals surface area contributed by atoms with Crippen LogP contribution in [0.3, 0.4) is 0 Å². The molecular formula is C16H18FN5O4. The van der Waals surface area contributed by atoms with Crippen molar-refractivity contribution in [3.8, 4) is 12.3 Å². The number of anilines is 1. The molecule has 0 aliphatic carbocycles. The summed E-state index contributed by atoms with van der Waals surface area (Å²) in [6.45, 7) is 1.26. The van der Waals surface area contributed by atoms with Gasteiger partial charge in [0.25, 0.3) is 0 Å². The highest BCUT2D eigenvalue weighted by Crippen LogP contribution is 2.38. The van der Waals surface area contributed by atoms with E-state index in [0.29, 0.717) is 6.42 Å². The van der Waals surface area contributed by atoms with Crippen molar-refractivity contribution in [1.29, 1.82) is 0 Å². The Labute approximate surface area is 148 Å². The number of ether oxygens (including phenoxy) is 1. The number of terminal acetylenes is 1. The zero-order valence-electron chi connectivity index (χ0n) is 14.0. The number of nitrogens with zero attached hydrogens (tertiary/aromatic N) is 4. The van der Waals surface area contributed by atoms with Crippen LogP contribution in [0.5, 0.6) is 0 Å². The molecule has 9 nitrogen and oxygen atoms in total. The number of carbonyl (C=O) groups is 1. The van der Waals surface area contributed by atoms with Crippen LogP contribution in [0.1, 0.15) is 32.4 Å². The summed E-state index contributed by atoms with van der Waals surface area (Å²) < 4.78 is 20.8. The van der Waals surface area contributed by atoms with Crippen molar-refractivity contribution in [3.63, 3.8) is 0 Å². The Morgan fingerprint density at radius 2 is 2.38 bits per heavy atom. The predicted octanol–water partition coefficient (Wildman–Crippen LogP) is 0.348. The molecule has 3 N–H and O–H groups in total. The van der Waals surface area contributed by atoms with E-state index in [9.17, 15) is 19.4 Å². The van der Waals surface area contributed by atoms with E-state index in [1.165, 1.54) is 10.9 Å². The molecule has 3 atom stereocenters. The van der Waals surface area contributed by atoms with Crippen LogP contribution < -0.4 is 5.32 Å². The highest BCUT2D eigenvalue weighted by atomic mass is 19.1. The molecule has 26 heavy (non-hydrogen) atoms. The smallest absolute Gasteiger partial charge is 0.312 e. The van der Waals surface area contributed by atoms with E-state index in [1.807, 2.05) is 6.92 Å². The van der Waals surface area contributed by atoms with Gasteiger partial charge in [0.15, 0.2) is 17.1 Å². The summed E-state index contributed by atoms with van der Waals surface area (Å²) in [7, 11) is 0. The van der Waals surface area contributed by atoms with Gasteiger partial charge in [0, 0.05) is 12.8 Å². The molecule has 2 aromatic heterocycles. The maximum atomic E-state index is 13.7. The van der Waals surface area contributed by atoms with Crippen LogP contribution in [-0.2, 0) is 9.53 Å². The standard InChI is InChI=1S/C16H18FN5O4/c1-3-5-10(25)19-14-12-13(20-15(17)21-14)18-8-22(12)11-6-9(24)16(4-2,7-23)26-11/h2,8-9,11,23-24H,3,5-7H2,1H3,(H,19,20,21,25)/t9-,11+,16+/m0/s1. The van der Waals surface area contributed by atoms with Gasteiger partial charge in [0.2, 0.25) is 5.91 Å². The van der Waals surface area contributed by atoms with Gasteiger partial charge in [0.05, 0.1) is 12.9 Å². The summed E-state index contributed by atoms with van der Waals surface area (Å²) in [5.41, 5.74) is -1.29. The number of hydrogen-bond donors (Lipinski definition) is 3. The summed E-state index contributed by atoms with van der Waals surface area (Å²) in [5.74, 6) is 1.89. The molecule has 0 saturated carbocycles. The van der Waals surface area contributed by atoms with Crippen LogP contribution in [-0.4, -0.2) is 54.0 Å². The van der Waals surface area contributed by atoms with Crippen molar-refractivity contribution in [3.05, 3.63) is 12.4 Å². The average molecular weight is 363 g/mol. The van der Waals surface area contributed by atoms with Crippen LogP contribution in [0.4, 0.5) is 10.2 Å². The Balaban J connectivity index is 2.03. The monoisotopic (exact) mass is 363 g/mol. The molecule has 1 aliphatic rings. The van der Waals surface area contributed by atoms with Crippen molar-refractivity contribution < 1.29 is 24.1 Å².